The lowest BCUT2D eigenvalue weighted by Gasteiger charge is -2.20. The molecule has 1 rings (SSSR count). The number of carbonyl (C=O) groups excluding carboxylic acids is 2. The third-order valence-electron chi connectivity index (χ3n) is 2.92. The molecule has 0 aliphatic carbocycles. The first-order valence-corrected chi connectivity index (χ1v) is 6.83. The Labute approximate surface area is 119 Å². The molecule has 0 spiro atoms. The molecular weight excluding hydrogens is 260 g/mol. The number of rotatable bonds is 6. The van der Waals surface area contributed by atoms with Crippen LogP contribution in [0.2, 0.25) is 0 Å². The van der Waals surface area contributed by atoms with E-state index < -0.39 is 5.97 Å². The molecule has 0 saturated carbocycles. The molecule has 0 aromatic carbocycles. The summed E-state index contributed by atoms with van der Waals surface area (Å²) >= 11 is 0. The molecule has 20 heavy (non-hydrogen) atoms. The largest absolute Gasteiger partial charge is 0.465 e. The molecular formula is C14H22N2O4. The molecule has 0 aliphatic rings. The molecule has 0 unspecified atom stereocenters. The number of nitrogens with zero attached hydrogens (tertiary/aromatic N) is 2. The minimum Gasteiger partial charge on any atom is -0.465 e. The van der Waals surface area contributed by atoms with E-state index in [1.165, 1.54) is 4.90 Å². The first-order chi connectivity index (χ1) is 9.42. The monoisotopic (exact) mass is 282 g/mol. The van der Waals surface area contributed by atoms with Crippen molar-refractivity contribution in [1.82, 2.24) is 10.1 Å². The molecule has 112 valence electrons. The standard InChI is InChI=1S/C14H22N2O4/c1-6-16(8-11(17)19-7-2)14(18)12-10(5)15-20-13(12)9(3)4/h9H,6-8H2,1-5H3. The predicted octanol–water partition coefficient (Wildman–Crippen LogP) is 2.13. The molecule has 0 saturated heterocycles. The van der Waals surface area contributed by atoms with E-state index in [1.807, 2.05) is 20.8 Å². The fraction of sp³-hybridized carbons (Fsp3) is 0.643. The maximum absolute atomic E-state index is 12.5. The Balaban J connectivity index is 2.97. The first-order valence-electron chi connectivity index (χ1n) is 6.83. The molecule has 0 radical (unpaired) electrons. The summed E-state index contributed by atoms with van der Waals surface area (Å²) < 4.78 is 10.1. The number of hydrogen-bond donors (Lipinski definition) is 0. The summed E-state index contributed by atoms with van der Waals surface area (Å²) in [6, 6.07) is 0. The zero-order valence-corrected chi connectivity index (χ0v) is 12.7. The number of aromatic nitrogens is 1. The van der Waals surface area contributed by atoms with E-state index >= 15 is 0 Å². The molecule has 0 atom stereocenters. The fourth-order valence-corrected chi connectivity index (χ4v) is 1.89. The van der Waals surface area contributed by atoms with Gasteiger partial charge >= 0.3 is 5.97 Å². The van der Waals surface area contributed by atoms with Crippen LogP contribution in [0.4, 0.5) is 0 Å². The second-order valence-electron chi connectivity index (χ2n) is 4.79. The fourth-order valence-electron chi connectivity index (χ4n) is 1.89. The number of carbonyl (C=O) groups is 2. The Kier molecular flexibility index (Phi) is 5.73. The third-order valence-corrected chi connectivity index (χ3v) is 2.92. The number of amides is 1. The van der Waals surface area contributed by atoms with Crippen LogP contribution in [0.5, 0.6) is 0 Å². The summed E-state index contributed by atoms with van der Waals surface area (Å²) in [5.41, 5.74) is 0.993. The van der Waals surface area contributed by atoms with Gasteiger partial charge in [0.2, 0.25) is 0 Å². The summed E-state index contributed by atoms with van der Waals surface area (Å²) in [6.07, 6.45) is 0. The third kappa shape index (κ3) is 3.59. The number of ether oxygens (including phenoxy) is 1. The van der Waals surface area contributed by atoms with Crippen molar-refractivity contribution in [2.75, 3.05) is 19.7 Å². The van der Waals surface area contributed by atoms with Crippen molar-refractivity contribution in [3.63, 3.8) is 0 Å². The number of likely N-dealkylation sites (N-methyl/N-ethyl adjacent to an activating group) is 1. The van der Waals surface area contributed by atoms with Crippen molar-refractivity contribution in [1.29, 1.82) is 0 Å². The average molecular weight is 282 g/mol. The molecule has 0 bridgehead atoms. The Morgan fingerprint density at radius 3 is 2.50 bits per heavy atom. The number of esters is 1. The SMILES string of the molecule is CCOC(=O)CN(CC)C(=O)c1c(C)noc1C(C)C. The summed E-state index contributed by atoms with van der Waals surface area (Å²) in [5.74, 6) is -0.0582. The van der Waals surface area contributed by atoms with Gasteiger partial charge in [-0.05, 0) is 20.8 Å². The van der Waals surface area contributed by atoms with Crippen LogP contribution >= 0.6 is 0 Å². The molecule has 0 fully saturated rings. The van der Waals surface area contributed by atoms with Gasteiger partial charge in [-0.3, -0.25) is 9.59 Å². The van der Waals surface area contributed by atoms with Gasteiger partial charge in [0.1, 0.15) is 12.1 Å². The smallest absolute Gasteiger partial charge is 0.325 e. The zero-order valence-electron chi connectivity index (χ0n) is 12.7. The molecule has 1 heterocycles. The normalized spacial score (nSPS) is 10.7. The Morgan fingerprint density at radius 1 is 1.35 bits per heavy atom. The minimum absolute atomic E-state index is 0.0523. The van der Waals surface area contributed by atoms with Gasteiger partial charge in [0.05, 0.1) is 12.3 Å². The second kappa shape index (κ2) is 7.07. The van der Waals surface area contributed by atoms with E-state index in [-0.39, 0.29) is 18.4 Å². The number of hydrogen-bond acceptors (Lipinski definition) is 5. The molecule has 6 heteroatoms. The summed E-state index contributed by atoms with van der Waals surface area (Å²) in [7, 11) is 0. The van der Waals surface area contributed by atoms with Crippen molar-refractivity contribution in [3.05, 3.63) is 17.0 Å². The van der Waals surface area contributed by atoms with E-state index in [0.717, 1.165) is 0 Å². The van der Waals surface area contributed by atoms with Crippen LogP contribution < -0.4 is 0 Å². The summed E-state index contributed by atoms with van der Waals surface area (Å²) in [4.78, 5) is 25.5. The van der Waals surface area contributed by atoms with Crippen LogP contribution in [-0.4, -0.2) is 41.6 Å². The van der Waals surface area contributed by atoms with Crippen LogP contribution in [0.1, 0.15) is 55.4 Å². The summed E-state index contributed by atoms with van der Waals surface area (Å²) in [5, 5.41) is 3.85. The molecule has 1 aromatic rings. The van der Waals surface area contributed by atoms with E-state index in [2.05, 4.69) is 5.16 Å². The predicted molar refractivity (Wildman–Crippen MR) is 73.5 cm³/mol. The quantitative estimate of drug-likeness (QED) is 0.747. The Morgan fingerprint density at radius 2 is 2.00 bits per heavy atom. The highest BCUT2D eigenvalue weighted by molar-refractivity contribution is 5.97. The van der Waals surface area contributed by atoms with Gasteiger partial charge in [0, 0.05) is 12.5 Å². The van der Waals surface area contributed by atoms with Crippen molar-refractivity contribution < 1.29 is 18.8 Å². The topological polar surface area (TPSA) is 72.6 Å². The van der Waals surface area contributed by atoms with Crippen LogP contribution in [0.15, 0.2) is 4.52 Å². The van der Waals surface area contributed by atoms with Crippen LogP contribution in [0.25, 0.3) is 0 Å². The summed E-state index contributed by atoms with van der Waals surface area (Å²) in [6.45, 7) is 9.78. The molecule has 1 amide bonds. The van der Waals surface area contributed by atoms with Gasteiger partial charge < -0.3 is 14.2 Å². The van der Waals surface area contributed by atoms with Crippen molar-refractivity contribution >= 4 is 11.9 Å². The van der Waals surface area contributed by atoms with Gasteiger partial charge in [-0.2, -0.15) is 0 Å². The second-order valence-corrected chi connectivity index (χ2v) is 4.79. The highest BCUT2D eigenvalue weighted by atomic mass is 16.5. The lowest BCUT2D eigenvalue weighted by Crippen LogP contribution is -2.37. The van der Waals surface area contributed by atoms with Crippen molar-refractivity contribution in [3.8, 4) is 0 Å². The van der Waals surface area contributed by atoms with Gasteiger partial charge in [0.25, 0.3) is 5.91 Å². The minimum atomic E-state index is -0.414. The Hall–Kier alpha value is -1.85. The van der Waals surface area contributed by atoms with Gasteiger partial charge in [-0.25, -0.2) is 0 Å². The van der Waals surface area contributed by atoms with E-state index in [1.54, 1.807) is 13.8 Å². The highest BCUT2D eigenvalue weighted by Crippen LogP contribution is 2.23. The maximum atomic E-state index is 12.5. The van der Waals surface area contributed by atoms with E-state index in [0.29, 0.717) is 30.2 Å². The van der Waals surface area contributed by atoms with Crippen LogP contribution in [0.3, 0.4) is 0 Å². The van der Waals surface area contributed by atoms with Crippen molar-refractivity contribution in [2.24, 2.45) is 0 Å². The molecule has 6 nitrogen and oxygen atoms in total. The van der Waals surface area contributed by atoms with Gasteiger partial charge in [-0.1, -0.05) is 19.0 Å². The lowest BCUT2D eigenvalue weighted by atomic mass is 10.0. The molecule has 1 aromatic heterocycles. The van der Waals surface area contributed by atoms with Gasteiger partial charge in [0.15, 0.2) is 5.76 Å². The zero-order chi connectivity index (χ0) is 15.3. The lowest BCUT2D eigenvalue weighted by molar-refractivity contribution is -0.143. The average Bonchev–Trinajstić information content (AvgIpc) is 2.77. The highest BCUT2D eigenvalue weighted by Gasteiger charge is 2.27. The van der Waals surface area contributed by atoms with Crippen molar-refractivity contribution in [2.45, 2.75) is 40.5 Å². The first kappa shape index (κ1) is 16.2. The van der Waals surface area contributed by atoms with Gasteiger partial charge in [-0.15, -0.1) is 0 Å². The molecule has 0 aliphatic heterocycles. The molecule has 0 N–H and O–H groups in total. The van der Waals surface area contributed by atoms with E-state index in [4.69, 9.17) is 9.26 Å². The van der Waals surface area contributed by atoms with Crippen LogP contribution in [0, 0.1) is 6.92 Å². The van der Waals surface area contributed by atoms with Crippen LogP contribution in [-0.2, 0) is 9.53 Å². The Bertz CT molecular complexity index is 480. The number of aryl methyl sites for hydroxylation is 1. The maximum Gasteiger partial charge on any atom is 0.325 e. The van der Waals surface area contributed by atoms with E-state index in [9.17, 15) is 9.59 Å².